The molecule has 0 aromatic carbocycles. The van der Waals surface area contributed by atoms with Crippen molar-refractivity contribution >= 4 is 0 Å². The van der Waals surface area contributed by atoms with Gasteiger partial charge < -0.3 is 13.8 Å². The number of hydrogen-bond acceptors (Lipinski definition) is 0. The molecule has 0 amide bonds. The molecule has 0 aromatic rings. The van der Waals surface area contributed by atoms with Crippen LogP contribution in [0.1, 0.15) is 64.8 Å². The van der Waals surface area contributed by atoms with Crippen molar-refractivity contribution in [2.75, 3.05) is 0 Å². The molecular weight excluding hydrogens is 316 g/mol. The summed E-state index contributed by atoms with van der Waals surface area (Å²) >= 11 is 0. The molecule has 0 fully saturated rings. The number of rotatable bonds is 0. The van der Waals surface area contributed by atoms with Crippen LogP contribution in [0.3, 0.4) is 0 Å². The first kappa shape index (κ1) is 127. The average molecular weight is 352 g/mol. The van der Waals surface area contributed by atoms with E-state index >= 15 is 0 Å². The van der Waals surface area contributed by atoms with Gasteiger partial charge in [-0.1, -0.05) is 51.5 Å². The first-order valence-corrected chi connectivity index (χ1v) is 1.91. The van der Waals surface area contributed by atoms with E-state index in [0.29, 0.717) is 0 Å². The van der Waals surface area contributed by atoms with Crippen LogP contribution in [0.2, 0.25) is 0 Å². The largest absolute Gasteiger partial charge is 2.00 e. The molecule has 86 valence electrons. The van der Waals surface area contributed by atoms with E-state index in [1.165, 1.54) is 0 Å². The van der Waals surface area contributed by atoms with Gasteiger partial charge in [0.25, 0.3) is 0 Å². The van der Waals surface area contributed by atoms with Crippen molar-refractivity contribution in [1.82, 2.24) is 0 Å². The van der Waals surface area contributed by atoms with Crippen molar-refractivity contribution in [3.05, 3.63) is 13.8 Å². The quantitative estimate of drug-likeness (QED) is 0.477. The SMILES string of the molecule is C.C.C.C.C.C.[CH2-]C.[CH2-]CC.[W+2]. The van der Waals surface area contributed by atoms with Gasteiger partial charge in [-0.05, 0) is 0 Å². The van der Waals surface area contributed by atoms with Gasteiger partial charge in [-0.25, -0.2) is 0 Å². The van der Waals surface area contributed by atoms with Crippen LogP contribution in [0.25, 0.3) is 0 Å². The molecule has 0 aromatic heterocycles. The molecule has 0 N–H and O–H groups in total. The van der Waals surface area contributed by atoms with Gasteiger partial charge in [-0.15, -0.1) is 0 Å². The van der Waals surface area contributed by atoms with Crippen molar-refractivity contribution in [1.29, 1.82) is 0 Å². The summed E-state index contributed by atoms with van der Waals surface area (Å²) in [6.07, 6.45) is 1.00. The summed E-state index contributed by atoms with van der Waals surface area (Å²) in [6.45, 7) is 10.5. The van der Waals surface area contributed by atoms with Crippen molar-refractivity contribution < 1.29 is 21.1 Å². The van der Waals surface area contributed by atoms with E-state index < -0.39 is 0 Å². The fourth-order valence-corrected chi connectivity index (χ4v) is 0. The molecule has 0 aliphatic carbocycles. The van der Waals surface area contributed by atoms with E-state index in [0.717, 1.165) is 6.42 Å². The third-order valence-corrected chi connectivity index (χ3v) is 0. The molecule has 0 aliphatic heterocycles. The van der Waals surface area contributed by atoms with Crippen LogP contribution in [0.15, 0.2) is 0 Å². The van der Waals surface area contributed by atoms with Gasteiger partial charge in [0.2, 0.25) is 0 Å². The summed E-state index contributed by atoms with van der Waals surface area (Å²) in [5, 5.41) is 0. The summed E-state index contributed by atoms with van der Waals surface area (Å²) in [5.74, 6) is 0. The molecule has 0 radical (unpaired) electrons. The Kier molecular flexibility index (Phi) is 4970. The second-order valence-electron chi connectivity index (χ2n) is 0.500. The van der Waals surface area contributed by atoms with Gasteiger partial charge in [-0.3, -0.25) is 0 Å². The molecule has 0 bridgehead atoms. The first-order valence-electron chi connectivity index (χ1n) is 1.91. The summed E-state index contributed by atoms with van der Waals surface area (Å²) < 4.78 is 0. The van der Waals surface area contributed by atoms with Crippen molar-refractivity contribution in [3.8, 4) is 0 Å². The molecule has 0 aliphatic rings. The zero-order valence-electron chi connectivity index (χ0n) is 4.53. The van der Waals surface area contributed by atoms with Crippen LogP contribution in [-0.2, 0) is 21.1 Å². The van der Waals surface area contributed by atoms with E-state index in [9.17, 15) is 0 Å². The van der Waals surface area contributed by atoms with Crippen LogP contribution in [0.4, 0.5) is 0 Å². The van der Waals surface area contributed by atoms with E-state index in [1.807, 2.05) is 6.92 Å². The molecule has 0 heterocycles. The Morgan fingerprint density at radius 1 is 0.750 bits per heavy atom. The molecule has 0 saturated carbocycles. The fraction of sp³-hybridized carbons (Fsp3) is 0.818. The molecule has 0 saturated heterocycles. The van der Waals surface area contributed by atoms with Crippen LogP contribution in [-0.4, -0.2) is 0 Å². The minimum Gasteiger partial charge on any atom is -0.346 e. The smallest absolute Gasteiger partial charge is 0.346 e. The Hall–Kier alpha value is 0.688. The van der Waals surface area contributed by atoms with E-state index in [4.69, 9.17) is 0 Å². The second-order valence-corrected chi connectivity index (χ2v) is 0.500. The Labute approximate surface area is 99.8 Å². The van der Waals surface area contributed by atoms with Crippen molar-refractivity contribution in [2.45, 2.75) is 64.8 Å². The van der Waals surface area contributed by atoms with Gasteiger partial charge >= 0.3 is 21.1 Å². The molecular formula is C11H36W. The summed E-state index contributed by atoms with van der Waals surface area (Å²) in [7, 11) is 0. The third kappa shape index (κ3) is 2120. The molecule has 0 nitrogen and oxygen atoms in total. The Morgan fingerprint density at radius 2 is 0.750 bits per heavy atom. The third-order valence-electron chi connectivity index (χ3n) is 0. The monoisotopic (exact) mass is 352 g/mol. The van der Waals surface area contributed by atoms with Gasteiger partial charge in [0.15, 0.2) is 0 Å². The Bertz CT molecular complexity index is 4.97. The number of hydrogen-bond donors (Lipinski definition) is 0. The zero-order chi connectivity index (χ0) is 4.71. The van der Waals surface area contributed by atoms with Gasteiger partial charge in [0.1, 0.15) is 0 Å². The minimum atomic E-state index is 0. The summed E-state index contributed by atoms with van der Waals surface area (Å²) in [5.41, 5.74) is 0. The Morgan fingerprint density at radius 3 is 0.750 bits per heavy atom. The first-order chi connectivity index (χ1) is 2.41. The minimum absolute atomic E-state index is 0. The van der Waals surface area contributed by atoms with E-state index in [2.05, 4.69) is 13.8 Å². The maximum absolute atomic E-state index is 3.49. The van der Waals surface area contributed by atoms with Gasteiger partial charge in [0, 0.05) is 0 Å². The summed E-state index contributed by atoms with van der Waals surface area (Å²) in [4.78, 5) is 0. The molecule has 0 spiro atoms. The summed E-state index contributed by atoms with van der Waals surface area (Å²) in [6, 6.07) is 0. The predicted molar refractivity (Wildman–Crippen MR) is 67.1 cm³/mol. The maximum Gasteiger partial charge on any atom is 2.00 e. The van der Waals surface area contributed by atoms with Crippen LogP contribution < -0.4 is 0 Å². The fourth-order valence-electron chi connectivity index (χ4n) is 0. The molecule has 0 unspecified atom stereocenters. The van der Waals surface area contributed by atoms with Gasteiger partial charge in [0.05, 0.1) is 0 Å². The Balaban J connectivity index is -0.00000000138. The van der Waals surface area contributed by atoms with Gasteiger partial charge in [-0.2, -0.15) is 13.3 Å². The average Bonchev–Trinajstić information content (AvgIpc) is 1.46. The standard InChI is InChI=1S/C3H7.C2H5.6CH4.W/c1-3-2;1-2;;;;;;;/h1,3H2,2H3;1H2,2H3;6*1H4;/q2*-1;;;;;;;+2. The molecule has 0 rings (SSSR count). The molecule has 0 atom stereocenters. The maximum atomic E-state index is 3.49. The topological polar surface area (TPSA) is 0 Å². The molecule has 12 heavy (non-hydrogen) atoms. The van der Waals surface area contributed by atoms with E-state index in [1.54, 1.807) is 6.92 Å². The van der Waals surface area contributed by atoms with Crippen LogP contribution in [0, 0.1) is 13.8 Å². The molecule has 1 heteroatoms. The van der Waals surface area contributed by atoms with Crippen molar-refractivity contribution in [2.24, 2.45) is 0 Å². The van der Waals surface area contributed by atoms with Crippen LogP contribution >= 0.6 is 0 Å². The predicted octanol–water partition coefficient (Wildman–Crippen LogP) is 5.88. The zero-order valence-corrected chi connectivity index (χ0v) is 7.46. The van der Waals surface area contributed by atoms with Crippen LogP contribution in [0.5, 0.6) is 0 Å². The normalized spacial score (nSPS) is 2.00. The van der Waals surface area contributed by atoms with Crippen molar-refractivity contribution in [3.63, 3.8) is 0 Å². The van der Waals surface area contributed by atoms with E-state index in [-0.39, 0.29) is 65.6 Å². The second kappa shape index (κ2) is 468.